The fourth-order valence-electron chi connectivity index (χ4n) is 6.63. The minimum absolute atomic E-state index is 0.172. The van der Waals surface area contributed by atoms with Crippen LogP contribution < -0.4 is 10.4 Å². The molecule has 0 amide bonds. The van der Waals surface area contributed by atoms with Gasteiger partial charge in [0.2, 0.25) is 0 Å². The van der Waals surface area contributed by atoms with E-state index >= 15 is 0 Å². The van der Waals surface area contributed by atoms with E-state index < -0.39 is 41.5 Å². The Kier molecular flexibility index (Phi) is 8.83. The van der Waals surface area contributed by atoms with Gasteiger partial charge >= 0.3 is 23.1 Å². The Morgan fingerprint density at radius 2 is 1.24 bits per heavy atom. The normalized spacial score (nSPS) is 28.9. The average molecular weight is 599 g/mol. The van der Waals surface area contributed by atoms with Gasteiger partial charge in [-0.05, 0) is 46.4 Å². The molecule has 1 N–H and O–H groups in total. The van der Waals surface area contributed by atoms with Crippen LogP contribution in [-0.2, 0) is 27.2 Å². The Morgan fingerprint density at radius 1 is 0.732 bits per heavy atom. The van der Waals surface area contributed by atoms with Crippen LogP contribution in [0.1, 0.15) is 55.4 Å². The number of carbonyl (C=O) groups excluding carboxylic acids is 1. The number of nitrogens with zero attached hydrogens (tertiary/aromatic N) is 1. The van der Waals surface area contributed by atoms with Crippen molar-refractivity contribution in [1.82, 2.24) is 5.43 Å². The first-order valence-corrected chi connectivity index (χ1v) is 19.0. The topological polar surface area (TPSA) is 78.5 Å². The molecule has 5 rings (SSSR count). The zero-order chi connectivity index (χ0) is 29.5. The van der Waals surface area contributed by atoms with E-state index in [0.29, 0.717) is 6.61 Å². The Balaban J connectivity index is 1.49. The molecule has 3 fully saturated rings. The van der Waals surface area contributed by atoms with E-state index in [1.165, 1.54) is 0 Å². The molecule has 8 nitrogen and oxygen atoms in total. The molecule has 0 spiro atoms. The zero-order valence-electron chi connectivity index (χ0n) is 25.6. The number of fused-ring (bicyclic) bond motifs is 3. The third-order valence-electron chi connectivity index (χ3n) is 8.81. The van der Waals surface area contributed by atoms with Crippen LogP contribution in [-0.4, -0.2) is 60.2 Å². The van der Waals surface area contributed by atoms with E-state index in [0.717, 1.165) is 11.4 Å². The van der Waals surface area contributed by atoms with Gasteiger partial charge in [0, 0.05) is 0 Å². The van der Waals surface area contributed by atoms with Crippen LogP contribution in [0, 0.1) is 0 Å². The van der Waals surface area contributed by atoms with E-state index in [9.17, 15) is 4.79 Å². The molecule has 224 valence electrons. The first kappa shape index (κ1) is 30.4. The van der Waals surface area contributed by atoms with Crippen LogP contribution in [0.3, 0.4) is 0 Å². The number of ether oxygens (including phenoxy) is 2. The summed E-state index contributed by atoms with van der Waals surface area (Å²) in [7, 11) is -5.57. The highest BCUT2D eigenvalue weighted by molar-refractivity contribution is 6.84. The molecule has 5 atom stereocenters. The summed E-state index contributed by atoms with van der Waals surface area (Å²) >= 11 is 0. The Bertz CT molecular complexity index is 1130. The summed E-state index contributed by atoms with van der Waals surface area (Å²) in [5.74, 6) is -0.350. The molecule has 0 bridgehead atoms. The van der Waals surface area contributed by atoms with Crippen molar-refractivity contribution in [3.05, 3.63) is 60.7 Å². The molecular formula is C31H46N2O6Si2. The van der Waals surface area contributed by atoms with Crippen LogP contribution in [0.15, 0.2) is 60.7 Å². The molecule has 0 aliphatic carbocycles. The van der Waals surface area contributed by atoms with E-state index in [-0.39, 0.29) is 34.2 Å². The van der Waals surface area contributed by atoms with Crippen molar-refractivity contribution in [2.24, 2.45) is 0 Å². The summed E-state index contributed by atoms with van der Waals surface area (Å²) in [5.41, 5.74) is 6.09. The van der Waals surface area contributed by atoms with Gasteiger partial charge in [0.25, 0.3) is 0 Å². The fourth-order valence-corrected chi connectivity index (χ4v) is 17.8. The van der Waals surface area contributed by atoms with Crippen LogP contribution in [0.4, 0.5) is 11.4 Å². The second-order valence-corrected chi connectivity index (χ2v) is 21.6. The largest absolute Gasteiger partial charge is 0.455 e. The fraction of sp³-hybridized carbons (Fsp3) is 0.581. The van der Waals surface area contributed by atoms with Gasteiger partial charge in [-0.2, -0.15) is 0 Å². The molecule has 3 heterocycles. The molecule has 0 unspecified atom stereocenters. The van der Waals surface area contributed by atoms with E-state index in [2.05, 4.69) is 60.8 Å². The van der Waals surface area contributed by atoms with E-state index in [4.69, 9.17) is 22.4 Å². The van der Waals surface area contributed by atoms with E-state index in [1.54, 1.807) is 0 Å². The number of hydrazine groups is 1. The average Bonchev–Trinajstić information content (AvgIpc) is 3.41. The Labute approximate surface area is 247 Å². The maximum Gasteiger partial charge on any atom is 0.335 e. The van der Waals surface area contributed by atoms with Crippen LogP contribution in [0.5, 0.6) is 0 Å². The molecule has 3 aliphatic rings. The minimum atomic E-state index is -2.87. The SMILES string of the molecule is CC(C)[Si]1(C(C)C)OC[C@H]2O[C@H]3[C@H](OC(=O)[C@@H]3NN(c3ccccc3)c3ccccc3)[C@@H]2O[Si](C(C)C)(C(C)C)O1. The van der Waals surface area contributed by atoms with Crippen molar-refractivity contribution >= 4 is 34.5 Å². The maximum absolute atomic E-state index is 13.4. The third-order valence-corrected chi connectivity index (χ3v) is 19.1. The number of hydrogen-bond acceptors (Lipinski definition) is 8. The summed E-state index contributed by atoms with van der Waals surface area (Å²) in [5, 5.41) is 1.93. The molecule has 41 heavy (non-hydrogen) atoms. The van der Waals surface area contributed by atoms with Gasteiger partial charge in [0.1, 0.15) is 18.3 Å². The number of benzene rings is 2. The molecule has 0 radical (unpaired) electrons. The summed E-state index contributed by atoms with van der Waals surface area (Å²) < 4.78 is 34.2. The van der Waals surface area contributed by atoms with Crippen LogP contribution >= 0.6 is 0 Å². The number of carbonyl (C=O) groups is 1. The third kappa shape index (κ3) is 5.44. The number of esters is 1. The summed E-state index contributed by atoms with van der Waals surface area (Å²) in [4.78, 5) is 13.4. The number of hydrogen-bond donors (Lipinski definition) is 1. The molecule has 2 aromatic carbocycles. The molecule has 3 saturated heterocycles. The van der Waals surface area contributed by atoms with Gasteiger partial charge in [-0.1, -0.05) is 91.8 Å². The lowest BCUT2D eigenvalue weighted by Crippen LogP contribution is -2.65. The second kappa shape index (κ2) is 11.9. The predicted octanol–water partition coefficient (Wildman–Crippen LogP) is 6.35. The van der Waals surface area contributed by atoms with Crippen molar-refractivity contribution in [3.63, 3.8) is 0 Å². The molecular weight excluding hydrogens is 553 g/mol. The lowest BCUT2D eigenvalue weighted by Gasteiger charge is -2.51. The standard InChI is InChI=1S/C31H46N2O6Si2/c1-20(2)40(21(3)4)35-19-26-28(38-41(39-40,22(5)6)23(7)8)30-29(36-26)27(31(34)37-30)32-33(24-15-11-9-12-16-24)25-17-13-10-14-18-25/h9-18,20-23,26-30,32H,19H2,1-8H3/t26-,27-,28-,29-,30-/m1/s1. The van der Waals surface area contributed by atoms with Crippen molar-refractivity contribution in [2.45, 2.75) is 108 Å². The van der Waals surface area contributed by atoms with Gasteiger partial charge in [0.15, 0.2) is 12.1 Å². The Morgan fingerprint density at radius 3 is 1.73 bits per heavy atom. The minimum Gasteiger partial charge on any atom is -0.455 e. The van der Waals surface area contributed by atoms with Crippen molar-refractivity contribution in [1.29, 1.82) is 0 Å². The van der Waals surface area contributed by atoms with Gasteiger partial charge in [-0.15, -0.1) is 0 Å². The predicted molar refractivity (Wildman–Crippen MR) is 164 cm³/mol. The van der Waals surface area contributed by atoms with Crippen molar-refractivity contribution in [3.8, 4) is 0 Å². The first-order valence-electron chi connectivity index (χ1n) is 15.0. The van der Waals surface area contributed by atoms with Crippen molar-refractivity contribution < 1.29 is 27.2 Å². The highest BCUT2D eigenvalue weighted by Crippen LogP contribution is 2.48. The highest BCUT2D eigenvalue weighted by atomic mass is 28.5. The number of rotatable bonds is 8. The van der Waals surface area contributed by atoms with Gasteiger partial charge in [-0.3, -0.25) is 9.80 Å². The maximum atomic E-state index is 13.4. The number of para-hydroxylation sites is 2. The molecule has 0 aromatic heterocycles. The molecule has 0 saturated carbocycles. The number of nitrogens with one attached hydrogen (secondary N) is 1. The van der Waals surface area contributed by atoms with Gasteiger partial charge < -0.3 is 22.4 Å². The molecule has 2 aromatic rings. The molecule has 3 aliphatic heterocycles. The zero-order valence-corrected chi connectivity index (χ0v) is 27.6. The summed E-state index contributed by atoms with van der Waals surface area (Å²) in [6, 6.07) is 19.1. The van der Waals surface area contributed by atoms with Crippen LogP contribution in [0.25, 0.3) is 0 Å². The van der Waals surface area contributed by atoms with Crippen LogP contribution in [0.2, 0.25) is 22.2 Å². The lowest BCUT2D eigenvalue weighted by molar-refractivity contribution is -0.148. The monoisotopic (exact) mass is 598 g/mol. The first-order chi connectivity index (χ1) is 19.5. The van der Waals surface area contributed by atoms with Gasteiger partial charge in [-0.25, -0.2) is 5.43 Å². The second-order valence-electron chi connectivity index (χ2n) is 12.7. The summed E-state index contributed by atoms with van der Waals surface area (Å²) in [6.45, 7) is 18.0. The van der Waals surface area contributed by atoms with Gasteiger partial charge in [0.05, 0.1) is 18.0 Å². The smallest absolute Gasteiger partial charge is 0.335 e. The lowest BCUT2D eigenvalue weighted by atomic mass is 10.1. The highest BCUT2D eigenvalue weighted by Gasteiger charge is 2.65. The van der Waals surface area contributed by atoms with Crippen molar-refractivity contribution in [2.75, 3.05) is 11.6 Å². The quantitative estimate of drug-likeness (QED) is 0.214. The van der Waals surface area contributed by atoms with E-state index in [1.807, 2.05) is 65.7 Å². The number of anilines is 2. The molecule has 10 heteroatoms. The summed E-state index contributed by atoms with van der Waals surface area (Å²) in [6.07, 6.45) is -1.90. The Hall–Kier alpha value is -2.06.